The number of phenolic OH excluding ortho intramolecular Hbond substituents is 1. The zero-order valence-corrected chi connectivity index (χ0v) is 11.7. The van der Waals surface area contributed by atoms with Gasteiger partial charge in [0.1, 0.15) is 5.75 Å². The number of phenols is 1. The molecule has 96 valence electrons. The summed E-state index contributed by atoms with van der Waals surface area (Å²) in [5.74, 6) is 3.38. The Morgan fingerprint density at radius 1 is 1.44 bits per heavy atom. The van der Waals surface area contributed by atoms with E-state index in [0.717, 1.165) is 17.1 Å². The van der Waals surface area contributed by atoms with Crippen LogP contribution in [0.25, 0.3) is 0 Å². The first-order valence-corrected chi connectivity index (χ1v) is 8.26. The van der Waals surface area contributed by atoms with Gasteiger partial charge < -0.3 is 5.11 Å². The summed E-state index contributed by atoms with van der Waals surface area (Å²) >= 11 is 2.19. The molecule has 4 atom stereocenters. The van der Waals surface area contributed by atoms with E-state index in [0.29, 0.717) is 11.2 Å². The second-order valence-corrected chi connectivity index (χ2v) is 7.41. The highest BCUT2D eigenvalue weighted by Gasteiger charge is 2.65. The molecule has 0 aromatic heterocycles. The highest BCUT2D eigenvalue weighted by molar-refractivity contribution is 8.01. The van der Waals surface area contributed by atoms with Gasteiger partial charge in [0.25, 0.3) is 0 Å². The highest BCUT2D eigenvalue weighted by atomic mass is 32.2. The summed E-state index contributed by atoms with van der Waals surface area (Å²) in [6.45, 7) is 2.29. The third kappa shape index (κ3) is 1.20. The predicted octanol–water partition coefficient (Wildman–Crippen LogP) is 4.05. The van der Waals surface area contributed by atoms with Gasteiger partial charge in [-0.05, 0) is 47.9 Å². The number of aromatic hydroxyl groups is 1. The number of hydrogen-bond donors (Lipinski definition) is 1. The van der Waals surface area contributed by atoms with Crippen LogP contribution in [-0.2, 0) is 5.41 Å². The molecule has 1 aromatic rings. The number of thioether (sulfide) groups is 1. The van der Waals surface area contributed by atoms with Crippen LogP contribution in [0, 0.1) is 5.92 Å². The van der Waals surface area contributed by atoms with Crippen LogP contribution in [0.4, 0.5) is 0 Å². The minimum atomic E-state index is 0.454. The molecule has 3 aliphatic rings. The fraction of sp³-hybridized carbons (Fsp3) is 0.625. The quantitative estimate of drug-likeness (QED) is 0.884. The van der Waals surface area contributed by atoms with Crippen LogP contribution in [-0.4, -0.2) is 16.1 Å². The minimum absolute atomic E-state index is 0.454. The normalized spacial score (nSPS) is 39.3. The molecule has 1 saturated heterocycles. The fourth-order valence-electron chi connectivity index (χ4n) is 4.63. The SMILES string of the molecule is CCCC[C@H]1C2SCC23C[C@H]1c1cc(O)ccc13. The molecular formula is C16H20OS. The Kier molecular flexibility index (Phi) is 2.30. The van der Waals surface area contributed by atoms with E-state index in [2.05, 4.69) is 24.8 Å². The molecule has 1 aromatic carbocycles. The lowest BCUT2D eigenvalue weighted by molar-refractivity contribution is 0.385. The lowest BCUT2D eigenvalue weighted by atomic mass is 9.74. The minimum Gasteiger partial charge on any atom is -0.508 e. The van der Waals surface area contributed by atoms with Crippen molar-refractivity contribution in [1.29, 1.82) is 0 Å². The zero-order chi connectivity index (χ0) is 12.3. The second-order valence-electron chi connectivity index (χ2n) is 6.28. The van der Waals surface area contributed by atoms with Crippen molar-refractivity contribution >= 4 is 11.8 Å². The fourth-order valence-corrected chi connectivity index (χ4v) is 6.46. The predicted molar refractivity (Wildman–Crippen MR) is 76.4 cm³/mol. The first-order valence-electron chi connectivity index (χ1n) is 7.21. The Balaban J connectivity index is 1.75. The zero-order valence-electron chi connectivity index (χ0n) is 10.9. The smallest absolute Gasteiger partial charge is 0.115 e. The van der Waals surface area contributed by atoms with Crippen molar-refractivity contribution in [2.24, 2.45) is 5.92 Å². The van der Waals surface area contributed by atoms with Gasteiger partial charge in [-0.15, -0.1) is 0 Å². The summed E-state index contributed by atoms with van der Waals surface area (Å²) < 4.78 is 0. The van der Waals surface area contributed by atoms with Gasteiger partial charge in [0, 0.05) is 16.4 Å². The van der Waals surface area contributed by atoms with Gasteiger partial charge in [-0.25, -0.2) is 0 Å². The summed E-state index contributed by atoms with van der Waals surface area (Å²) in [7, 11) is 0. The monoisotopic (exact) mass is 260 g/mol. The Bertz CT molecular complexity index is 498. The van der Waals surface area contributed by atoms with Crippen molar-refractivity contribution in [2.45, 2.75) is 49.2 Å². The van der Waals surface area contributed by atoms with E-state index in [1.165, 1.54) is 37.0 Å². The first kappa shape index (κ1) is 11.2. The molecule has 2 heteroatoms. The lowest BCUT2D eigenvalue weighted by Crippen LogP contribution is -2.48. The second kappa shape index (κ2) is 3.69. The molecule has 1 aliphatic heterocycles. The number of benzene rings is 1. The first-order chi connectivity index (χ1) is 8.76. The van der Waals surface area contributed by atoms with Crippen LogP contribution < -0.4 is 0 Å². The molecule has 2 aliphatic carbocycles. The van der Waals surface area contributed by atoms with Crippen LogP contribution in [0.5, 0.6) is 5.75 Å². The summed E-state index contributed by atoms with van der Waals surface area (Å²) in [6, 6.07) is 6.13. The van der Waals surface area contributed by atoms with Gasteiger partial charge in [-0.1, -0.05) is 25.8 Å². The summed E-state index contributed by atoms with van der Waals surface area (Å²) in [4.78, 5) is 0. The standard InChI is InChI=1S/C16H20OS/c1-2-3-4-11-13-8-16(9-18-15(11)16)14-6-5-10(17)7-12(13)14/h5-7,11,13,15,17H,2-4,8-9H2,1H3/t11-,13-,15?,16?/m1/s1. The Hall–Kier alpha value is -0.630. The van der Waals surface area contributed by atoms with E-state index in [1.54, 1.807) is 5.56 Å². The van der Waals surface area contributed by atoms with Crippen LogP contribution in [0.15, 0.2) is 18.2 Å². The van der Waals surface area contributed by atoms with Gasteiger partial charge in [0.2, 0.25) is 0 Å². The van der Waals surface area contributed by atoms with E-state index in [-0.39, 0.29) is 0 Å². The van der Waals surface area contributed by atoms with E-state index in [1.807, 2.05) is 12.1 Å². The van der Waals surface area contributed by atoms with Gasteiger partial charge in [0.15, 0.2) is 0 Å². The van der Waals surface area contributed by atoms with Gasteiger partial charge >= 0.3 is 0 Å². The Labute approximate surface area is 113 Å². The number of rotatable bonds is 3. The molecular weight excluding hydrogens is 240 g/mol. The topological polar surface area (TPSA) is 20.2 Å². The summed E-state index contributed by atoms with van der Waals surface area (Å²) in [5, 5.41) is 10.6. The van der Waals surface area contributed by atoms with Crippen LogP contribution in [0.2, 0.25) is 0 Å². The maximum Gasteiger partial charge on any atom is 0.115 e. The molecule has 2 bridgehead atoms. The molecule has 1 saturated carbocycles. The van der Waals surface area contributed by atoms with E-state index < -0.39 is 0 Å². The average molecular weight is 260 g/mol. The summed E-state index contributed by atoms with van der Waals surface area (Å²) in [6.07, 6.45) is 5.41. The van der Waals surface area contributed by atoms with Crippen molar-refractivity contribution in [3.05, 3.63) is 29.3 Å². The molecule has 4 rings (SSSR count). The Morgan fingerprint density at radius 2 is 2.33 bits per heavy atom. The number of fused-ring (bicyclic) bond motifs is 3. The van der Waals surface area contributed by atoms with Crippen molar-refractivity contribution in [3.63, 3.8) is 0 Å². The molecule has 1 spiro atoms. The molecule has 2 unspecified atom stereocenters. The third-order valence-electron chi connectivity index (χ3n) is 5.42. The molecule has 0 radical (unpaired) electrons. The van der Waals surface area contributed by atoms with Crippen molar-refractivity contribution in [3.8, 4) is 5.75 Å². The number of unbranched alkanes of at least 4 members (excludes halogenated alkanes) is 1. The summed E-state index contributed by atoms with van der Waals surface area (Å²) in [5.41, 5.74) is 3.55. The molecule has 1 heterocycles. The van der Waals surface area contributed by atoms with Crippen LogP contribution >= 0.6 is 11.8 Å². The number of hydrogen-bond acceptors (Lipinski definition) is 2. The molecule has 1 N–H and O–H groups in total. The lowest BCUT2D eigenvalue weighted by Gasteiger charge is -2.48. The van der Waals surface area contributed by atoms with E-state index in [9.17, 15) is 5.11 Å². The van der Waals surface area contributed by atoms with Crippen molar-refractivity contribution in [1.82, 2.24) is 0 Å². The van der Waals surface area contributed by atoms with Crippen molar-refractivity contribution in [2.75, 3.05) is 5.75 Å². The van der Waals surface area contributed by atoms with Gasteiger partial charge in [0.05, 0.1) is 0 Å². The average Bonchev–Trinajstić information content (AvgIpc) is 2.78. The van der Waals surface area contributed by atoms with Crippen LogP contribution in [0.3, 0.4) is 0 Å². The molecule has 1 nitrogen and oxygen atoms in total. The van der Waals surface area contributed by atoms with Crippen LogP contribution in [0.1, 0.15) is 49.7 Å². The van der Waals surface area contributed by atoms with E-state index >= 15 is 0 Å². The van der Waals surface area contributed by atoms with Gasteiger partial charge in [-0.2, -0.15) is 11.8 Å². The maximum absolute atomic E-state index is 9.75. The molecule has 18 heavy (non-hydrogen) atoms. The largest absolute Gasteiger partial charge is 0.508 e. The van der Waals surface area contributed by atoms with Crippen molar-refractivity contribution < 1.29 is 5.11 Å². The van der Waals surface area contributed by atoms with Gasteiger partial charge in [-0.3, -0.25) is 0 Å². The Morgan fingerprint density at radius 3 is 3.06 bits per heavy atom. The molecule has 0 amide bonds. The third-order valence-corrected chi connectivity index (χ3v) is 7.26. The highest BCUT2D eigenvalue weighted by Crippen LogP contribution is 2.70. The maximum atomic E-state index is 9.75. The molecule has 2 fully saturated rings. The van der Waals surface area contributed by atoms with E-state index in [4.69, 9.17) is 0 Å².